The molecule has 0 aliphatic carbocycles. The zero-order valence-corrected chi connectivity index (χ0v) is 10.4. The molecule has 0 aromatic carbocycles. The fraction of sp³-hybridized carbons (Fsp3) is 0.636. The van der Waals surface area contributed by atoms with Gasteiger partial charge in [0, 0.05) is 38.5 Å². The van der Waals surface area contributed by atoms with E-state index in [0.717, 1.165) is 17.7 Å². The van der Waals surface area contributed by atoms with Crippen LogP contribution in [-0.4, -0.2) is 34.1 Å². The van der Waals surface area contributed by atoms with E-state index in [0.29, 0.717) is 19.5 Å². The van der Waals surface area contributed by atoms with Crippen LogP contribution < -0.4 is 10.6 Å². The summed E-state index contributed by atoms with van der Waals surface area (Å²) >= 11 is 0. The predicted octanol–water partition coefficient (Wildman–Crippen LogP) is 0.164. The molecular weight excluding hydrogens is 220 g/mol. The number of amides is 2. The van der Waals surface area contributed by atoms with Crippen molar-refractivity contribution in [3.8, 4) is 0 Å². The number of aliphatic hydroxyl groups excluding tert-OH is 1. The number of urea groups is 1. The Bertz CT molecular complexity index is 362. The molecule has 1 heterocycles. The number of hydrogen-bond acceptors (Lipinski definition) is 3. The maximum atomic E-state index is 11.4. The van der Waals surface area contributed by atoms with Crippen molar-refractivity contribution in [3.05, 3.63) is 17.5 Å². The Morgan fingerprint density at radius 2 is 2.29 bits per heavy atom. The molecule has 0 bridgehead atoms. The fourth-order valence-electron chi connectivity index (χ4n) is 1.55. The molecular formula is C11H20N4O2. The van der Waals surface area contributed by atoms with Gasteiger partial charge >= 0.3 is 6.03 Å². The Balaban J connectivity index is 2.36. The highest BCUT2D eigenvalue weighted by Crippen LogP contribution is 2.06. The number of aliphatic hydroxyl groups is 1. The van der Waals surface area contributed by atoms with Crippen LogP contribution in [0, 0.1) is 0 Å². The molecule has 0 atom stereocenters. The summed E-state index contributed by atoms with van der Waals surface area (Å²) in [5, 5.41) is 18.3. The second-order valence-corrected chi connectivity index (χ2v) is 3.81. The number of nitrogens with zero attached hydrogens (tertiary/aromatic N) is 2. The van der Waals surface area contributed by atoms with Crippen LogP contribution in [0.15, 0.2) is 6.20 Å². The third-order valence-corrected chi connectivity index (χ3v) is 2.39. The quantitative estimate of drug-likeness (QED) is 0.620. The molecule has 0 unspecified atom stereocenters. The molecule has 1 aromatic heterocycles. The number of aromatic nitrogens is 2. The molecule has 1 aromatic rings. The van der Waals surface area contributed by atoms with Crippen molar-refractivity contribution in [2.45, 2.75) is 26.3 Å². The molecule has 1 rings (SSSR count). The lowest BCUT2D eigenvalue weighted by atomic mass is 10.2. The number of hydrogen-bond donors (Lipinski definition) is 3. The molecule has 0 radical (unpaired) electrons. The number of carbonyl (C=O) groups is 1. The summed E-state index contributed by atoms with van der Waals surface area (Å²) in [5.41, 5.74) is 2.04. The van der Waals surface area contributed by atoms with Crippen LogP contribution >= 0.6 is 0 Å². The first kappa shape index (κ1) is 13.5. The minimum Gasteiger partial charge on any atom is -0.396 e. The maximum absolute atomic E-state index is 11.4. The zero-order chi connectivity index (χ0) is 12.7. The van der Waals surface area contributed by atoms with Gasteiger partial charge in [0.15, 0.2) is 0 Å². The SMILES string of the molecule is CCc1nn(C)cc1CNC(=O)NCCCO. The van der Waals surface area contributed by atoms with Crippen LogP contribution in [0.25, 0.3) is 0 Å². The van der Waals surface area contributed by atoms with Gasteiger partial charge in [-0.2, -0.15) is 5.10 Å². The van der Waals surface area contributed by atoms with E-state index in [4.69, 9.17) is 5.11 Å². The Labute approximate surface area is 101 Å². The summed E-state index contributed by atoms with van der Waals surface area (Å²) in [7, 11) is 1.87. The van der Waals surface area contributed by atoms with Crippen LogP contribution in [-0.2, 0) is 20.0 Å². The average Bonchev–Trinajstić information content (AvgIpc) is 2.67. The minimum absolute atomic E-state index is 0.0862. The second-order valence-electron chi connectivity index (χ2n) is 3.81. The second kappa shape index (κ2) is 6.90. The third kappa shape index (κ3) is 4.44. The van der Waals surface area contributed by atoms with Gasteiger partial charge in [0.1, 0.15) is 0 Å². The number of nitrogens with one attached hydrogen (secondary N) is 2. The third-order valence-electron chi connectivity index (χ3n) is 2.39. The van der Waals surface area contributed by atoms with E-state index in [9.17, 15) is 4.79 Å². The highest BCUT2D eigenvalue weighted by molar-refractivity contribution is 5.73. The lowest BCUT2D eigenvalue weighted by molar-refractivity contribution is 0.237. The normalized spacial score (nSPS) is 10.3. The van der Waals surface area contributed by atoms with Gasteiger partial charge in [-0.25, -0.2) is 4.79 Å². The van der Waals surface area contributed by atoms with Crippen molar-refractivity contribution < 1.29 is 9.90 Å². The van der Waals surface area contributed by atoms with E-state index in [-0.39, 0.29) is 12.6 Å². The lowest BCUT2D eigenvalue weighted by Gasteiger charge is -2.06. The summed E-state index contributed by atoms with van der Waals surface area (Å²) in [5.74, 6) is 0. The van der Waals surface area contributed by atoms with Gasteiger partial charge in [-0.3, -0.25) is 4.68 Å². The molecule has 0 saturated carbocycles. The topological polar surface area (TPSA) is 79.2 Å². The van der Waals surface area contributed by atoms with Gasteiger partial charge in [-0.05, 0) is 12.8 Å². The van der Waals surface area contributed by atoms with Crippen molar-refractivity contribution in [3.63, 3.8) is 0 Å². The molecule has 96 valence electrons. The largest absolute Gasteiger partial charge is 0.396 e. The summed E-state index contributed by atoms with van der Waals surface area (Å²) in [6.07, 6.45) is 3.33. The summed E-state index contributed by atoms with van der Waals surface area (Å²) < 4.78 is 1.75. The molecule has 0 aliphatic rings. The Morgan fingerprint density at radius 1 is 1.53 bits per heavy atom. The fourth-order valence-corrected chi connectivity index (χ4v) is 1.55. The van der Waals surface area contributed by atoms with E-state index in [1.165, 1.54) is 0 Å². The molecule has 6 nitrogen and oxygen atoms in total. The summed E-state index contributed by atoms with van der Waals surface area (Å²) in [6, 6.07) is -0.218. The van der Waals surface area contributed by atoms with Crippen LogP contribution in [0.1, 0.15) is 24.6 Å². The van der Waals surface area contributed by atoms with E-state index in [2.05, 4.69) is 15.7 Å². The predicted molar refractivity (Wildman–Crippen MR) is 64.5 cm³/mol. The number of aryl methyl sites for hydroxylation is 2. The van der Waals surface area contributed by atoms with Crippen molar-refractivity contribution in [2.24, 2.45) is 7.05 Å². The van der Waals surface area contributed by atoms with E-state index >= 15 is 0 Å². The highest BCUT2D eigenvalue weighted by Gasteiger charge is 2.06. The molecule has 3 N–H and O–H groups in total. The average molecular weight is 240 g/mol. The summed E-state index contributed by atoms with van der Waals surface area (Å²) in [4.78, 5) is 11.4. The molecule has 0 aliphatic heterocycles. The molecule has 6 heteroatoms. The minimum atomic E-state index is -0.218. The standard InChI is InChI=1S/C11H20N4O2/c1-3-10-9(8-15(2)14-10)7-13-11(17)12-5-4-6-16/h8,16H,3-7H2,1-2H3,(H2,12,13,17). The van der Waals surface area contributed by atoms with Crippen molar-refractivity contribution >= 4 is 6.03 Å². The van der Waals surface area contributed by atoms with E-state index < -0.39 is 0 Å². The lowest BCUT2D eigenvalue weighted by Crippen LogP contribution is -2.35. The van der Waals surface area contributed by atoms with Gasteiger partial charge < -0.3 is 15.7 Å². The van der Waals surface area contributed by atoms with Crippen molar-refractivity contribution in [2.75, 3.05) is 13.2 Å². The first-order valence-electron chi connectivity index (χ1n) is 5.81. The van der Waals surface area contributed by atoms with Crippen LogP contribution in [0.5, 0.6) is 0 Å². The smallest absolute Gasteiger partial charge is 0.315 e. The first-order chi connectivity index (χ1) is 8.17. The first-order valence-corrected chi connectivity index (χ1v) is 5.81. The Hall–Kier alpha value is -1.56. The van der Waals surface area contributed by atoms with Crippen molar-refractivity contribution in [1.29, 1.82) is 0 Å². The Morgan fingerprint density at radius 3 is 2.94 bits per heavy atom. The molecule has 0 fully saturated rings. The van der Waals surface area contributed by atoms with Gasteiger partial charge in [0.2, 0.25) is 0 Å². The summed E-state index contributed by atoms with van der Waals surface area (Å²) in [6.45, 7) is 3.08. The zero-order valence-electron chi connectivity index (χ0n) is 10.4. The Kier molecular flexibility index (Phi) is 5.48. The van der Waals surface area contributed by atoms with Gasteiger partial charge in [-0.1, -0.05) is 6.92 Å². The monoisotopic (exact) mass is 240 g/mol. The van der Waals surface area contributed by atoms with Gasteiger partial charge in [0.05, 0.1) is 5.69 Å². The molecule has 2 amide bonds. The number of rotatable bonds is 6. The molecule has 0 saturated heterocycles. The van der Waals surface area contributed by atoms with Gasteiger partial charge in [-0.15, -0.1) is 0 Å². The van der Waals surface area contributed by atoms with Crippen LogP contribution in [0.2, 0.25) is 0 Å². The molecule has 0 spiro atoms. The highest BCUT2D eigenvalue weighted by atomic mass is 16.3. The number of carbonyl (C=O) groups excluding carboxylic acids is 1. The van der Waals surface area contributed by atoms with Crippen molar-refractivity contribution in [1.82, 2.24) is 20.4 Å². The van der Waals surface area contributed by atoms with Crippen LogP contribution in [0.4, 0.5) is 4.79 Å². The maximum Gasteiger partial charge on any atom is 0.315 e. The molecule has 17 heavy (non-hydrogen) atoms. The van der Waals surface area contributed by atoms with Crippen LogP contribution in [0.3, 0.4) is 0 Å². The van der Waals surface area contributed by atoms with Gasteiger partial charge in [0.25, 0.3) is 0 Å². The van der Waals surface area contributed by atoms with E-state index in [1.54, 1.807) is 4.68 Å². The van der Waals surface area contributed by atoms with E-state index in [1.807, 2.05) is 20.2 Å².